The number of amides is 4. The van der Waals surface area contributed by atoms with Crippen molar-refractivity contribution in [2.45, 2.75) is 101 Å². The van der Waals surface area contributed by atoms with E-state index >= 15 is 0 Å². The van der Waals surface area contributed by atoms with E-state index < -0.39 is 56.7 Å². The number of fused-ring (bicyclic) bond motifs is 1. The number of benzene rings is 2. The standard InChI is InChI=1S/C40H49N5O8S/c1-5-26-21-40(26,39(49)44-54(50,51)29-14-15-29)43-37(47)33-19-28(22-45(33)38(48)36(23(2)3)42-35(46)17-24-11-12-24)53-34-20-31(25-9-7-6-8-10-25)41-32-18-27(52-4)13-16-30(32)34/h6-10,13,16,18,20,23-24,26,28-29,33,36H,5,11-12,14-15,17,19,21-22H2,1-4H3,(H,42,46)(H,43,47)(H,44,49). The monoisotopic (exact) mass is 759 g/mol. The van der Waals surface area contributed by atoms with Crippen LogP contribution in [-0.2, 0) is 29.2 Å². The lowest BCUT2D eigenvalue weighted by atomic mass is 10.0. The molecule has 4 aliphatic rings. The van der Waals surface area contributed by atoms with E-state index in [1.807, 2.05) is 75.4 Å². The molecule has 1 saturated heterocycles. The van der Waals surface area contributed by atoms with Gasteiger partial charge in [0, 0.05) is 35.9 Å². The number of nitrogens with one attached hydrogen (secondary N) is 3. The number of nitrogens with zero attached hydrogens (tertiary/aromatic N) is 2. The van der Waals surface area contributed by atoms with Crippen LogP contribution in [0.5, 0.6) is 11.5 Å². The number of hydrogen-bond donors (Lipinski definition) is 3. The summed E-state index contributed by atoms with van der Waals surface area (Å²) in [5, 5.41) is 5.94. The summed E-state index contributed by atoms with van der Waals surface area (Å²) in [7, 11) is -2.27. The maximum atomic E-state index is 14.5. The highest BCUT2D eigenvalue weighted by Gasteiger charge is 2.62. The van der Waals surface area contributed by atoms with Gasteiger partial charge in [-0.25, -0.2) is 13.4 Å². The van der Waals surface area contributed by atoms with Gasteiger partial charge in [-0.2, -0.15) is 0 Å². The first kappa shape index (κ1) is 37.6. The van der Waals surface area contributed by atoms with Crippen LogP contribution in [0, 0.1) is 17.8 Å². The summed E-state index contributed by atoms with van der Waals surface area (Å²) in [6.07, 6.45) is 3.55. The first-order valence-electron chi connectivity index (χ1n) is 19.0. The van der Waals surface area contributed by atoms with E-state index in [4.69, 9.17) is 14.5 Å². The van der Waals surface area contributed by atoms with E-state index in [0.717, 1.165) is 18.4 Å². The van der Waals surface area contributed by atoms with Crippen molar-refractivity contribution < 1.29 is 37.1 Å². The molecular formula is C40H49N5O8S. The average Bonchev–Trinajstić information content (AvgIpc) is 4.05. The summed E-state index contributed by atoms with van der Waals surface area (Å²) in [6.45, 7) is 5.60. The molecule has 0 bridgehead atoms. The molecule has 5 unspecified atom stereocenters. The Morgan fingerprint density at radius 2 is 1.76 bits per heavy atom. The molecule has 0 radical (unpaired) electrons. The highest BCUT2D eigenvalue weighted by Crippen LogP contribution is 2.47. The van der Waals surface area contributed by atoms with Gasteiger partial charge in [0.25, 0.3) is 5.91 Å². The number of sulfonamides is 1. The van der Waals surface area contributed by atoms with Crippen molar-refractivity contribution in [3.63, 3.8) is 0 Å². The number of methoxy groups -OCH3 is 1. The molecule has 3 N–H and O–H groups in total. The lowest BCUT2D eigenvalue weighted by Gasteiger charge is -2.31. The third kappa shape index (κ3) is 7.89. The second kappa shape index (κ2) is 14.8. The normalized spacial score (nSPS) is 24.2. The zero-order valence-electron chi connectivity index (χ0n) is 31.2. The van der Waals surface area contributed by atoms with Gasteiger partial charge in [-0.05, 0) is 62.0 Å². The van der Waals surface area contributed by atoms with Crippen LogP contribution in [0.25, 0.3) is 22.2 Å². The molecule has 13 nitrogen and oxygen atoms in total. The highest BCUT2D eigenvalue weighted by molar-refractivity contribution is 7.91. The Morgan fingerprint density at radius 3 is 2.39 bits per heavy atom. The molecule has 288 valence electrons. The van der Waals surface area contributed by atoms with E-state index in [-0.39, 0.29) is 37.1 Å². The number of pyridine rings is 1. The van der Waals surface area contributed by atoms with Gasteiger partial charge < -0.3 is 25.0 Å². The molecule has 5 atom stereocenters. The maximum absolute atomic E-state index is 14.5. The molecule has 2 heterocycles. The number of aromatic nitrogens is 1. The molecule has 1 aliphatic heterocycles. The summed E-state index contributed by atoms with van der Waals surface area (Å²) < 4.78 is 39.9. The second-order valence-corrected chi connectivity index (χ2v) is 17.6. The number of likely N-dealkylation sites (tertiary alicyclic amines) is 1. The first-order chi connectivity index (χ1) is 25.8. The van der Waals surface area contributed by atoms with Gasteiger partial charge in [0.05, 0.1) is 30.1 Å². The van der Waals surface area contributed by atoms with E-state index in [0.29, 0.717) is 59.7 Å². The minimum absolute atomic E-state index is 0.0335. The van der Waals surface area contributed by atoms with Crippen molar-refractivity contribution >= 4 is 44.6 Å². The number of hydrogen-bond acceptors (Lipinski definition) is 9. The number of ether oxygens (including phenoxy) is 2. The van der Waals surface area contributed by atoms with Crippen LogP contribution in [0.1, 0.15) is 72.1 Å². The molecule has 1 aromatic heterocycles. The third-order valence-corrected chi connectivity index (χ3v) is 13.0. The van der Waals surface area contributed by atoms with Crippen molar-refractivity contribution in [1.29, 1.82) is 0 Å². The minimum Gasteiger partial charge on any atom is -0.497 e. The van der Waals surface area contributed by atoms with Crippen LogP contribution in [0.15, 0.2) is 54.6 Å². The largest absolute Gasteiger partial charge is 0.497 e. The predicted octanol–water partition coefficient (Wildman–Crippen LogP) is 4.09. The first-order valence-corrected chi connectivity index (χ1v) is 20.5. The van der Waals surface area contributed by atoms with Crippen LogP contribution in [0.3, 0.4) is 0 Å². The van der Waals surface area contributed by atoms with Gasteiger partial charge in [-0.15, -0.1) is 0 Å². The van der Waals surface area contributed by atoms with E-state index in [9.17, 15) is 27.6 Å². The number of carbonyl (C=O) groups is 4. The van der Waals surface area contributed by atoms with Gasteiger partial charge in [0.15, 0.2) is 0 Å². The van der Waals surface area contributed by atoms with Crippen molar-refractivity contribution in [3.05, 3.63) is 54.6 Å². The zero-order chi connectivity index (χ0) is 38.4. The molecule has 54 heavy (non-hydrogen) atoms. The van der Waals surface area contributed by atoms with Crippen LogP contribution < -0.4 is 24.8 Å². The van der Waals surface area contributed by atoms with Gasteiger partial charge in [-0.1, -0.05) is 57.5 Å². The maximum Gasteiger partial charge on any atom is 0.259 e. The second-order valence-electron chi connectivity index (χ2n) is 15.6. The lowest BCUT2D eigenvalue weighted by Crippen LogP contribution is -2.59. The molecule has 4 amide bonds. The summed E-state index contributed by atoms with van der Waals surface area (Å²) in [6, 6.07) is 15.0. The zero-order valence-corrected chi connectivity index (χ0v) is 32.0. The Kier molecular flexibility index (Phi) is 10.3. The summed E-state index contributed by atoms with van der Waals surface area (Å²) in [4.78, 5) is 61.7. The van der Waals surface area contributed by atoms with Crippen molar-refractivity contribution in [2.24, 2.45) is 17.8 Å². The summed E-state index contributed by atoms with van der Waals surface area (Å²) in [5.74, 6) is -1.06. The SMILES string of the molecule is CCC1CC1(NC(=O)C1CC(Oc2cc(-c3ccccc3)nc3cc(OC)ccc23)CN1C(=O)C(NC(=O)CC1CC1)C(C)C)C(=O)NS(=O)(=O)C1CC1. The Hall–Kier alpha value is -4.72. The number of rotatable bonds is 15. The third-order valence-electron chi connectivity index (χ3n) is 11.2. The Morgan fingerprint density at radius 1 is 1.02 bits per heavy atom. The number of carbonyl (C=O) groups excluding carboxylic acids is 4. The van der Waals surface area contributed by atoms with E-state index in [2.05, 4.69) is 15.4 Å². The molecule has 2 aromatic carbocycles. The van der Waals surface area contributed by atoms with Gasteiger partial charge >= 0.3 is 0 Å². The van der Waals surface area contributed by atoms with E-state index in [1.165, 1.54) is 4.90 Å². The predicted molar refractivity (Wildman–Crippen MR) is 202 cm³/mol. The van der Waals surface area contributed by atoms with Crippen LogP contribution in [-0.4, -0.2) is 84.6 Å². The lowest BCUT2D eigenvalue weighted by molar-refractivity contribution is -0.143. The van der Waals surface area contributed by atoms with Gasteiger partial charge in [-0.3, -0.25) is 23.9 Å². The molecule has 3 aromatic rings. The summed E-state index contributed by atoms with van der Waals surface area (Å²) in [5.41, 5.74) is 0.759. The quantitative estimate of drug-likeness (QED) is 0.206. The van der Waals surface area contributed by atoms with Crippen molar-refractivity contribution in [2.75, 3.05) is 13.7 Å². The molecule has 7 rings (SSSR count). The molecule has 14 heteroatoms. The fourth-order valence-electron chi connectivity index (χ4n) is 7.52. The molecule has 3 saturated carbocycles. The van der Waals surface area contributed by atoms with Crippen LogP contribution >= 0.6 is 0 Å². The fourth-order valence-corrected chi connectivity index (χ4v) is 8.88. The Bertz CT molecular complexity index is 2050. The van der Waals surface area contributed by atoms with Crippen molar-refractivity contribution in [3.8, 4) is 22.8 Å². The Labute approximate surface area is 316 Å². The summed E-state index contributed by atoms with van der Waals surface area (Å²) >= 11 is 0. The minimum atomic E-state index is -3.85. The van der Waals surface area contributed by atoms with Crippen molar-refractivity contribution in [1.82, 2.24) is 25.2 Å². The molecule has 3 aliphatic carbocycles. The molecular weight excluding hydrogens is 711 g/mol. The molecule has 0 spiro atoms. The topological polar surface area (TPSA) is 173 Å². The van der Waals surface area contributed by atoms with Gasteiger partial charge in [0.2, 0.25) is 27.7 Å². The van der Waals surface area contributed by atoms with Gasteiger partial charge in [0.1, 0.15) is 35.2 Å². The van der Waals surface area contributed by atoms with E-state index in [1.54, 1.807) is 7.11 Å². The Balaban J connectivity index is 1.19. The molecule has 4 fully saturated rings. The smallest absolute Gasteiger partial charge is 0.259 e. The van der Waals surface area contributed by atoms with Crippen LogP contribution in [0.2, 0.25) is 0 Å². The van der Waals surface area contributed by atoms with Crippen LogP contribution in [0.4, 0.5) is 0 Å². The fraction of sp³-hybridized carbons (Fsp3) is 0.525. The average molecular weight is 760 g/mol. The highest BCUT2D eigenvalue weighted by atomic mass is 32.2.